The molecule has 104 valence electrons. The molecule has 7 heteroatoms. The molecule has 0 bridgehead atoms. The van der Waals surface area contributed by atoms with Gasteiger partial charge in [0.05, 0.1) is 8.95 Å². The number of rotatable bonds is 3. The molecule has 0 saturated heterocycles. The van der Waals surface area contributed by atoms with Crippen molar-refractivity contribution in [1.82, 2.24) is 0 Å². The van der Waals surface area contributed by atoms with Crippen LogP contribution in [0, 0.1) is 11.6 Å². The van der Waals surface area contributed by atoms with Gasteiger partial charge in [0.1, 0.15) is 16.6 Å². The predicted molar refractivity (Wildman–Crippen MR) is 84.2 cm³/mol. The first-order chi connectivity index (χ1) is 9.40. The fraction of sp³-hybridized carbons (Fsp3) is 0. The fourth-order valence-electron chi connectivity index (χ4n) is 1.47. The quantitative estimate of drug-likeness (QED) is 0.713. The highest BCUT2D eigenvalue weighted by Crippen LogP contribution is 2.33. The maximum absolute atomic E-state index is 14.1. The van der Waals surface area contributed by atoms with E-state index in [-0.39, 0.29) is 19.7 Å². The van der Waals surface area contributed by atoms with Crippen molar-refractivity contribution in [2.45, 2.75) is 0 Å². The van der Waals surface area contributed by atoms with E-state index in [9.17, 15) is 8.78 Å². The van der Waals surface area contributed by atoms with Crippen molar-refractivity contribution < 1.29 is 13.5 Å². The first-order valence-corrected chi connectivity index (χ1v) is 7.30. The molecular formula is C13H7Br2F2NOS. The highest BCUT2D eigenvalue weighted by molar-refractivity contribution is 9.10. The molecule has 0 unspecified atom stereocenters. The third-order valence-corrected chi connectivity index (χ3v) is 4.03. The van der Waals surface area contributed by atoms with E-state index in [2.05, 4.69) is 31.9 Å². The topological polar surface area (TPSA) is 35.2 Å². The van der Waals surface area contributed by atoms with E-state index in [0.29, 0.717) is 11.3 Å². The zero-order valence-corrected chi connectivity index (χ0v) is 13.8. The molecule has 2 N–H and O–H groups in total. The molecule has 0 aliphatic carbocycles. The van der Waals surface area contributed by atoms with Gasteiger partial charge in [-0.25, -0.2) is 8.78 Å². The second-order valence-electron chi connectivity index (χ2n) is 3.78. The molecule has 0 fully saturated rings. The van der Waals surface area contributed by atoms with Crippen LogP contribution in [0.3, 0.4) is 0 Å². The van der Waals surface area contributed by atoms with E-state index < -0.39 is 11.6 Å². The van der Waals surface area contributed by atoms with Crippen molar-refractivity contribution in [1.29, 1.82) is 0 Å². The summed E-state index contributed by atoms with van der Waals surface area (Å²) in [6, 6.07) is 6.98. The highest BCUT2D eigenvalue weighted by Gasteiger charge is 2.15. The first kappa shape index (κ1) is 15.3. The van der Waals surface area contributed by atoms with Crippen molar-refractivity contribution in [3.8, 4) is 11.5 Å². The van der Waals surface area contributed by atoms with Crippen LogP contribution >= 0.6 is 44.1 Å². The second-order valence-corrected chi connectivity index (χ2v) is 5.87. The Hall–Kier alpha value is -1.05. The third kappa shape index (κ3) is 3.16. The maximum Gasteiger partial charge on any atom is 0.180 e. The molecule has 0 amide bonds. The lowest BCUT2D eigenvalue weighted by Crippen LogP contribution is -2.11. The smallest absolute Gasteiger partial charge is 0.180 e. The minimum Gasteiger partial charge on any atom is -0.454 e. The van der Waals surface area contributed by atoms with Crippen LogP contribution in [-0.2, 0) is 0 Å². The predicted octanol–water partition coefficient (Wildman–Crippen LogP) is 4.92. The zero-order chi connectivity index (χ0) is 14.9. The van der Waals surface area contributed by atoms with E-state index in [1.54, 1.807) is 6.07 Å². The van der Waals surface area contributed by atoms with Crippen LogP contribution < -0.4 is 10.5 Å². The maximum atomic E-state index is 14.1. The zero-order valence-electron chi connectivity index (χ0n) is 9.79. The van der Waals surface area contributed by atoms with Gasteiger partial charge >= 0.3 is 0 Å². The second kappa shape index (κ2) is 6.15. The van der Waals surface area contributed by atoms with E-state index in [4.69, 9.17) is 22.7 Å². The van der Waals surface area contributed by atoms with Gasteiger partial charge in [0.25, 0.3) is 0 Å². The van der Waals surface area contributed by atoms with Crippen LogP contribution in [0.15, 0.2) is 39.3 Å². The van der Waals surface area contributed by atoms with E-state index >= 15 is 0 Å². The molecule has 0 aliphatic heterocycles. The lowest BCUT2D eigenvalue weighted by Gasteiger charge is -2.10. The molecular weight excluding hydrogens is 416 g/mol. The minimum atomic E-state index is -0.629. The number of thiocarbonyl (C=S) groups is 1. The Kier molecular flexibility index (Phi) is 4.72. The number of benzene rings is 2. The largest absolute Gasteiger partial charge is 0.454 e. The number of ether oxygens (including phenoxy) is 1. The molecule has 2 rings (SSSR count). The van der Waals surface area contributed by atoms with Crippen LogP contribution in [0.25, 0.3) is 0 Å². The van der Waals surface area contributed by atoms with E-state index in [1.165, 1.54) is 24.3 Å². The van der Waals surface area contributed by atoms with E-state index in [0.717, 1.165) is 0 Å². The number of hydrogen-bond donors (Lipinski definition) is 1. The monoisotopic (exact) mass is 421 g/mol. The van der Waals surface area contributed by atoms with Crippen LogP contribution in [0.1, 0.15) is 5.56 Å². The molecule has 2 nitrogen and oxygen atoms in total. The first-order valence-electron chi connectivity index (χ1n) is 5.31. The Morgan fingerprint density at radius 2 is 1.85 bits per heavy atom. The van der Waals surface area contributed by atoms with Gasteiger partial charge in [-0.15, -0.1) is 0 Å². The lowest BCUT2D eigenvalue weighted by molar-refractivity contribution is 0.439. The molecule has 0 radical (unpaired) electrons. The fourth-order valence-corrected chi connectivity index (χ4v) is 2.67. The SMILES string of the molecule is NC(=S)c1ccc(Oc2ccc(F)c(Br)c2)c(F)c1Br. The number of halogens is 4. The van der Waals surface area contributed by atoms with Crippen molar-refractivity contribution in [2.75, 3.05) is 0 Å². The van der Waals surface area contributed by atoms with Gasteiger partial charge in [0.2, 0.25) is 0 Å². The Morgan fingerprint density at radius 1 is 1.15 bits per heavy atom. The van der Waals surface area contributed by atoms with Crippen LogP contribution in [-0.4, -0.2) is 4.99 Å². The summed E-state index contributed by atoms with van der Waals surface area (Å²) < 4.78 is 33.0. The summed E-state index contributed by atoms with van der Waals surface area (Å²) in [6.45, 7) is 0. The summed E-state index contributed by atoms with van der Waals surface area (Å²) in [5, 5.41) is 0. The van der Waals surface area contributed by atoms with Crippen LogP contribution in [0.2, 0.25) is 0 Å². The van der Waals surface area contributed by atoms with Gasteiger partial charge in [-0.2, -0.15) is 0 Å². The number of hydrogen-bond acceptors (Lipinski definition) is 2. The Labute approximate surface area is 136 Å². The molecule has 0 atom stereocenters. The summed E-state index contributed by atoms with van der Waals surface area (Å²) in [6.07, 6.45) is 0. The van der Waals surface area contributed by atoms with Gasteiger partial charge in [-0.3, -0.25) is 0 Å². The Balaban J connectivity index is 2.37. The third-order valence-electron chi connectivity index (χ3n) is 2.43. The Bertz CT molecular complexity index is 694. The van der Waals surface area contributed by atoms with Crippen LogP contribution in [0.5, 0.6) is 11.5 Å². The van der Waals surface area contributed by atoms with Crippen molar-refractivity contribution >= 4 is 49.1 Å². The number of nitrogens with two attached hydrogens (primary N) is 1. The molecule has 2 aromatic carbocycles. The van der Waals surface area contributed by atoms with Gasteiger partial charge in [0.15, 0.2) is 11.6 Å². The molecule has 0 aromatic heterocycles. The molecule has 2 aromatic rings. The van der Waals surface area contributed by atoms with Crippen molar-refractivity contribution in [2.24, 2.45) is 5.73 Å². The van der Waals surface area contributed by atoms with Gasteiger partial charge in [0, 0.05) is 5.56 Å². The minimum absolute atomic E-state index is 0.0182. The summed E-state index contributed by atoms with van der Waals surface area (Å²) >= 11 is 10.9. The average Bonchev–Trinajstić information content (AvgIpc) is 2.39. The van der Waals surface area contributed by atoms with Crippen LogP contribution in [0.4, 0.5) is 8.78 Å². The van der Waals surface area contributed by atoms with E-state index in [1.807, 2.05) is 0 Å². The standard InChI is InChI=1S/C13H7Br2F2NOS/c14-8-5-6(1-3-9(8)16)19-10-4-2-7(13(18)20)11(15)12(10)17/h1-5H,(H2,18,20). The normalized spacial score (nSPS) is 10.4. The summed E-state index contributed by atoms with van der Waals surface area (Å²) in [4.78, 5) is 0.0758. The summed E-state index contributed by atoms with van der Waals surface area (Å²) in [5.41, 5.74) is 5.85. The lowest BCUT2D eigenvalue weighted by atomic mass is 10.2. The summed E-state index contributed by atoms with van der Waals surface area (Å²) in [5.74, 6) is -0.777. The average molecular weight is 423 g/mol. The van der Waals surface area contributed by atoms with Gasteiger partial charge in [-0.1, -0.05) is 12.2 Å². The molecule has 0 spiro atoms. The molecule has 0 heterocycles. The van der Waals surface area contributed by atoms with Gasteiger partial charge < -0.3 is 10.5 Å². The van der Waals surface area contributed by atoms with Crippen molar-refractivity contribution in [3.63, 3.8) is 0 Å². The molecule has 20 heavy (non-hydrogen) atoms. The Morgan fingerprint density at radius 3 is 2.45 bits per heavy atom. The highest BCUT2D eigenvalue weighted by atomic mass is 79.9. The summed E-state index contributed by atoms with van der Waals surface area (Å²) in [7, 11) is 0. The molecule has 0 aliphatic rings. The molecule has 0 saturated carbocycles. The van der Waals surface area contributed by atoms with Crippen molar-refractivity contribution in [3.05, 3.63) is 56.5 Å². The van der Waals surface area contributed by atoms with Gasteiger partial charge in [-0.05, 0) is 62.2 Å².